The third kappa shape index (κ3) is 4.28. The Balaban J connectivity index is 2.11. The molecule has 0 unspecified atom stereocenters. The van der Waals surface area contributed by atoms with Crippen LogP contribution in [0, 0.1) is 0 Å². The summed E-state index contributed by atoms with van der Waals surface area (Å²) in [5.74, 6) is -0.871. The Hall–Kier alpha value is -2.83. The second-order valence-electron chi connectivity index (χ2n) is 7.23. The number of nitrogens with zero attached hydrogens (tertiary/aromatic N) is 1. The fraction of sp³-hybridized carbons (Fsp3) is 0.273. The van der Waals surface area contributed by atoms with Crippen molar-refractivity contribution in [2.24, 2.45) is 0 Å². The number of Topliss-reactive ketones (excluding diaryl/α,β-unsaturated/α-hetero) is 1. The quantitative estimate of drug-likeness (QED) is 0.429. The zero-order chi connectivity index (χ0) is 21.1. The molecule has 0 spiro atoms. The number of hydrogen-bond donors (Lipinski definition) is 2. The van der Waals surface area contributed by atoms with Crippen LogP contribution >= 0.6 is 11.6 Å². The number of amides is 1. The number of carbonyl (C=O) groups is 2. The summed E-state index contributed by atoms with van der Waals surface area (Å²) in [5, 5.41) is 11.5. The number of likely N-dealkylation sites (tertiary alicyclic amines) is 1. The van der Waals surface area contributed by atoms with E-state index in [2.05, 4.69) is 0 Å². The highest BCUT2D eigenvalue weighted by atomic mass is 35.5. The van der Waals surface area contributed by atoms with E-state index in [9.17, 15) is 14.7 Å². The fourth-order valence-electron chi connectivity index (χ4n) is 3.35. The van der Waals surface area contributed by atoms with E-state index in [1.165, 1.54) is 4.90 Å². The number of likely N-dealkylation sites (N-methyl/N-ethyl adjacent to an activating group) is 1. The first-order valence-corrected chi connectivity index (χ1v) is 9.68. The lowest BCUT2D eigenvalue weighted by Crippen LogP contribution is -3.06. The normalized spacial score (nSPS) is 18.5. The van der Waals surface area contributed by atoms with Gasteiger partial charge in [0, 0.05) is 10.6 Å². The lowest BCUT2D eigenvalue weighted by atomic mass is 9.95. The Bertz CT molecular complexity index is 936. The van der Waals surface area contributed by atoms with Crippen LogP contribution in [0.15, 0.2) is 54.1 Å². The van der Waals surface area contributed by atoms with E-state index in [4.69, 9.17) is 16.3 Å². The van der Waals surface area contributed by atoms with Crippen molar-refractivity contribution in [3.63, 3.8) is 0 Å². The maximum atomic E-state index is 12.9. The Kier molecular flexibility index (Phi) is 6.25. The first kappa shape index (κ1) is 20.9. The molecule has 0 aromatic heterocycles. The number of halogens is 1. The van der Waals surface area contributed by atoms with Crippen molar-refractivity contribution in [1.82, 2.24) is 4.90 Å². The third-order valence-electron chi connectivity index (χ3n) is 4.94. The Morgan fingerprint density at radius 3 is 2.28 bits per heavy atom. The van der Waals surface area contributed by atoms with Gasteiger partial charge >= 0.3 is 0 Å². The van der Waals surface area contributed by atoms with Crippen LogP contribution in [0.2, 0.25) is 5.02 Å². The minimum absolute atomic E-state index is 0.0799. The molecule has 1 amide bonds. The number of carbonyl (C=O) groups excluding carboxylic acids is 2. The average molecular weight is 416 g/mol. The van der Waals surface area contributed by atoms with E-state index < -0.39 is 17.7 Å². The van der Waals surface area contributed by atoms with Gasteiger partial charge in [-0.1, -0.05) is 23.7 Å². The van der Waals surface area contributed by atoms with Crippen LogP contribution in [-0.2, 0) is 9.59 Å². The number of nitrogens with one attached hydrogen (secondary N) is 1. The fourth-order valence-corrected chi connectivity index (χ4v) is 3.48. The number of ether oxygens (including phenoxy) is 1. The molecule has 0 radical (unpaired) electrons. The molecule has 1 fully saturated rings. The molecule has 1 saturated heterocycles. The van der Waals surface area contributed by atoms with Crippen LogP contribution in [0.4, 0.5) is 0 Å². The molecule has 2 aromatic rings. The average Bonchev–Trinajstić information content (AvgIpc) is 2.97. The van der Waals surface area contributed by atoms with E-state index in [1.807, 2.05) is 14.1 Å². The van der Waals surface area contributed by atoms with Crippen molar-refractivity contribution >= 4 is 29.1 Å². The molecule has 6 nitrogen and oxygen atoms in total. The number of hydrogen-bond acceptors (Lipinski definition) is 4. The largest absolute Gasteiger partial charge is 0.507 e. The molecule has 1 atom stereocenters. The minimum atomic E-state index is -0.688. The number of aliphatic hydroxyl groups excluding tert-OH is 1. The molecule has 0 saturated carbocycles. The summed E-state index contributed by atoms with van der Waals surface area (Å²) in [7, 11) is 5.50. The molecular formula is C22H24ClN2O4+. The number of ketones is 1. The van der Waals surface area contributed by atoms with Crippen molar-refractivity contribution in [2.75, 3.05) is 34.3 Å². The van der Waals surface area contributed by atoms with E-state index in [-0.39, 0.29) is 11.3 Å². The summed E-state index contributed by atoms with van der Waals surface area (Å²) < 4.78 is 5.14. The first-order valence-electron chi connectivity index (χ1n) is 9.30. The van der Waals surface area contributed by atoms with E-state index >= 15 is 0 Å². The van der Waals surface area contributed by atoms with Gasteiger partial charge in [-0.3, -0.25) is 9.59 Å². The van der Waals surface area contributed by atoms with Gasteiger partial charge in [0.15, 0.2) is 0 Å². The van der Waals surface area contributed by atoms with Gasteiger partial charge in [0.1, 0.15) is 11.5 Å². The van der Waals surface area contributed by atoms with Gasteiger partial charge in [-0.2, -0.15) is 0 Å². The maximum absolute atomic E-state index is 12.9. The van der Waals surface area contributed by atoms with Crippen molar-refractivity contribution < 1.29 is 24.3 Å². The summed E-state index contributed by atoms with van der Waals surface area (Å²) >= 11 is 6.01. The molecule has 1 aliphatic heterocycles. The molecule has 152 valence electrons. The predicted molar refractivity (Wildman–Crippen MR) is 111 cm³/mol. The molecule has 29 heavy (non-hydrogen) atoms. The topological polar surface area (TPSA) is 71.3 Å². The smallest absolute Gasteiger partial charge is 0.295 e. The Labute approximate surface area is 174 Å². The molecule has 1 heterocycles. The highest BCUT2D eigenvalue weighted by molar-refractivity contribution is 6.46. The summed E-state index contributed by atoms with van der Waals surface area (Å²) in [6, 6.07) is 13.0. The zero-order valence-corrected chi connectivity index (χ0v) is 17.4. The number of benzene rings is 2. The van der Waals surface area contributed by atoms with Gasteiger partial charge in [-0.05, 0) is 42.0 Å². The van der Waals surface area contributed by atoms with Crippen molar-refractivity contribution in [3.05, 3.63) is 70.3 Å². The van der Waals surface area contributed by atoms with Crippen LogP contribution in [0.5, 0.6) is 5.75 Å². The lowest BCUT2D eigenvalue weighted by molar-refractivity contribution is -0.857. The van der Waals surface area contributed by atoms with Gasteiger partial charge in [0.05, 0.1) is 45.9 Å². The third-order valence-corrected chi connectivity index (χ3v) is 5.19. The number of aliphatic hydroxyl groups is 1. The van der Waals surface area contributed by atoms with E-state index in [0.717, 1.165) is 10.5 Å². The molecule has 0 bridgehead atoms. The molecule has 7 heteroatoms. The van der Waals surface area contributed by atoms with Gasteiger partial charge < -0.3 is 19.6 Å². The summed E-state index contributed by atoms with van der Waals surface area (Å²) in [4.78, 5) is 28.3. The Morgan fingerprint density at radius 1 is 1.10 bits per heavy atom. The summed E-state index contributed by atoms with van der Waals surface area (Å²) in [6.45, 7) is 1.05. The predicted octanol–water partition coefficient (Wildman–Crippen LogP) is 1.91. The SMILES string of the molecule is COc1ccc(C(O)=C2C(=O)C(=O)N(CC[NH+](C)C)[C@H]2c2ccc(Cl)cc2)cc1. The van der Waals surface area contributed by atoms with E-state index in [0.29, 0.717) is 29.4 Å². The van der Waals surface area contributed by atoms with E-state index in [1.54, 1.807) is 55.6 Å². The monoisotopic (exact) mass is 415 g/mol. The van der Waals surface area contributed by atoms with Gasteiger partial charge in [-0.25, -0.2) is 0 Å². The van der Waals surface area contributed by atoms with Crippen molar-refractivity contribution in [3.8, 4) is 5.75 Å². The second kappa shape index (κ2) is 8.68. The molecule has 2 N–H and O–H groups in total. The number of rotatable bonds is 6. The molecular weight excluding hydrogens is 392 g/mol. The number of quaternary nitrogens is 1. The Morgan fingerprint density at radius 2 is 1.72 bits per heavy atom. The van der Waals surface area contributed by atoms with Crippen LogP contribution in [0.25, 0.3) is 5.76 Å². The van der Waals surface area contributed by atoms with Crippen LogP contribution in [0.3, 0.4) is 0 Å². The minimum Gasteiger partial charge on any atom is -0.507 e. The standard InChI is InChI=1S/C22H23ClN2O4/c1-24(2)12-13-25-19(14-4-8-16(23)9-5-14)18(21(27)22(25)28)20(26)15-6-10-17(29-3)11-7-15/h4-11,19,26H,12-13H2,1-3H3/p+1/t19-/m0/s1. The molecule has 2 aromatic carbocycles. The van der Waals surface area contributed by atoms with Crippen LogP contribution in [0.1, 0.15) is 17.2 Å². The first-order chi connectivity index (χ1) is 13.8. The molecule has 0 aliphatic carbocycles. The van der Waals surface area contributed by atoms with Crippen molar-refractivity contribution in [1.29, 1.82) is 0 Å². The van der Waals surface area contributed by atoms with Gasteiger partial charge in [0.25, 0.3) is 11.7 Å². The lowest BCUT2D eigenvalue weighted by Gasteiger charge is -2.25. The van der Waals surface area contributed by atoms with Crippen molar-refractivity contribution in [2.45, 2.75) is 6.04 Å². The second-order valence-corrected chi connectivity index (χ2v) is 7.67. The molecule has 3 rings (SSSR count). The summed E-state index contributed by atoms with van der Waals surface area (Å²) in [6.07, 6.45) is 0. The van der Waals surface area contributed by atoms with Gasteiger partial charge in [-0.15, -0.1) is 0 Å². The maximum Gasteiger partial charge on any atom is 0.295 e. The highest BCUT2D eigenvalue weighted by Crippen LogP contribution is 2.39. The zero-order valence-electron chi connectivity index (χ0n) is 16.6. The van der Waals surface area contributed by atoms with Crippen LogP contribution in [-0.4, -0.2) is 56.0 Å². The van der Waals surface area contributed by atoms with Crippen LogP contribution < -0.4 is 9.64 Å². The highest BCUT2D eigenvalue weighted by Gasteiger charge is 2.46. The molecule has 1 aliphatic rings. The number of methoxy groups -OCH3 is 1. The summed E-state index contributed by atoms with van der Waals surface area (Å²) in [5.41, 5.74) is 1.25. The van der Waals surface area contributed by atoms with Gasteiger partial charge in [0.2, 0.25) is 0 Å².